The van der Waals surface area contributed by atoms with E-state index in [-0.39, 0.29) is 28.8 Å². The van der Waals surface area contributed by atoms with Gasteiger partial charge in [-0.05, 0) is 78.6 Å². The highest BCUT2D eigenvalue weighted by atomic mass is 127. The molecule has 2 saturated carbocycles. The van der Waals surface area contributed by atoms with Gasteiger partial charge in [-0.2, -0.15) is 11.3 Å². The van der Waals surface area contributed by atoms with E-state index in [0.717, 1.165) is 41.7 Å². The molecule has 188 valence electrons. The molecule has 7 rings (SSSR count). The third-order valence-electron chi connectivity index (χ3n) is 10.4. The zero-order chi connectivity index (χ0) is 24.2. The van der Waals surface area contributed by atoms with Crippen LogP contribution in [0.5, 0.6) is 11.5 Å². The van der Waals surface area contributed by atoms with Gasteiger partial charge in [0.15, 0.2) is 11.5 Å². The number of piperidine rings is 1. The second-order valence-corrected chi connectivity index (χ2v) is 13.5. The van der Waals surface area contributed by atoms with Gasteiger partial charge in [-0.1, -0.05) is 35.6 Å². The Balaban J connectivity index is 1.46. The number of phenolic OH excluding ortho intramolecular Hbond substituents is 1. The van der Waals surface area contributed by atoms with E-state index >= 15 is 0 Å². The van der Waals surface area contributed by atoms with Crippen molar-refractivity contribution in [3.05, 3.63) is 45.6 Å². The molecule has 1 unspecified atom stereocenters. The Kier molecular flexibility index (Phi) is 5.20. The molecule has 0 amide bonds. The van der Waals surface area contributed by atoms with E-state index in [4.69, 9.17) is 9.47 Å². The Morgan fingerprint density at radius 1 is 1.31 bits per heavy atom. The highest BCUT2D eigenvalue weighted by molar-refractivity contribution is 14.1. The third kappa shape index (κ3) is 2.85. The maximum Gasteiger partial charge on any atom is 0.165 e. The second-order valence-electron chi connectivity index (χ2n) is 12.0. The van der Waals surface area contributed by atoms with Crippen molar-refractivity contribution in [2.24, 2.45) is 16.7 Å². The molecule has 2 aromatic rings. The molecule has 5 nitrogen and oxygen atoms in total. The summed E-state index contributed by atoms with van der Waals surface area (Å²) in [6, 6.07) is 6.41. The summed E-state index contributed by atoms with van der Waals surface area (Å²) in [6.07, 6.45) is 4.41. The van der Waals surface area contributed by atoms with Crippen molar-refractivity contribution in [3.63, 3.8) is 0 Å². The van der Waals surface area contributed by atoms with Crippen LogP contribution in [-0.4, -0.2) is 58.0 Å². The maximum atomic E-state index is 11.9. The summed E-state index contributed by atoms with van der Waals surface area (Å²) in [4.78, 5) is 2.79. The number of nitrogens with zero attached hydrogens (tertiary/aromatic N) is 1. The fourth-order valence-electron chi connectivity index (χ4n) is 8.75. The molecular weight excluding hydrogens is 573 g/mol. The second kappa shape index (κ2) is 7.82. The Morgan fingerprint density at radius 3 is 2.83 bits per heavy atom. The van der Waals surface area contributed by atoms with E-state index in [9.17, 15) is 10.2 Å². The lowest BCUT2D eigenvalue weighted by Crippen LogP contribution is -2.77. The topological polar surface area (TPSA) is 62.2 Å². The molecule has 1 aromatic heterocycles. The first kappa shape index (κ1) is 23.3. The number of aromatic hydroxyl groups is 1. The first-order chi connectivity index (χ1) is 16.9. The molecule has 5 aliphatic rings. The minimum atomic E-state index is -0.643. The number of phenols is 1. The van der Waals surface area contributed by atoms with Crippen LogP contribution in [-0.2, 0) is 16.6 Å². The van der Waals surface area contributed by atoms with Crippen LogP contribution in [0.2, 0.25) is 0 Å². The Bertz CT molecular complexity index is 1150. The van der Waals surface area contributed by atoms with Crippen LogP contribution in [0, 0.1) is 16.7 Å². The summed E-state index contributed by atoms with van der Waals surface area (Å²) in [7, 11) is 1.77. The molecule has 7 atom stereocenters. The van der Waals surface area contributed by atoms with Crippen molar-refractivity contribution in [1.29, 1.82) is 0 Å². The molecule has 3 heterocycles. The molecule has 7 heteroatoms. The molecule has 2 aliphatic heterocycles. The number of thiophene rings is 1. The quantitative estimate of drug-likeness (QED) is 0.355. The summed E-state index contributed by atoms with van der Waals surface area (Å²) < 4.78 is 14.1. The van der Waals surface area contributed by atoms with E-state index in [1.807, 2.05) is 17.5 Å². The molecular formula is C28H34INO4S. The summed E-state index contributed by atoms with van der Waals surface area (Å²) >= 11 is 4.25. The number of alkyl halides is 1. The van der Waals surface area contributed by atoms with Gasteiger partial charge in [0.25, 0.3) is 0 Å². The molecule has 1 aromatic carbocycles. The van der Waals surface area contributed by atoms with Crippen LogP contribution in [0.3, 0.4) is 0 Å². The van der Waals surface area contributed by atoms with Crippen LogP contribution in [0.4, 0.5) is 0 Å². The zero-order valence-electron chi connectivity index (χ0n) is 20.4. The molecule has 2 bridgehead atoms. The van der Waals surface area contributed by atoms with Gasteiger partial charge in [-0.25, -0.2) is 0 Å². The summed E-state index contributed by atoms with van der Waals surface area (Å²) in [6.45, 7) is 4.46. The molecule has 35 heavy (non-hydrogen) atoms. The number of rotatable bonds is 6. The Hall–Kier alpha value is -0.870. The predicted molar refractivity (Wildman–Crippen MR) is 145 cm³/mol. The number of benzene rings is 1. The lowest BCUT2D eigenvalue weighted by Gasteiger charge is -2.70. The highest BCUT2D eigenvalue weighted by Crippen LogP contribution is 2.73. The van der Waals surface area contributed by atoms with Gasteiger partial charge < -0.3 is 19.7 Å². The number of hydrogen-bond donors (Lipinski definition) is 2. The third-order valence-corrected chi connectivity index (χ3v) is 12.4. The van der Waals surface area contributed by atoms with Gasteiger partial charge in [-0.3, -0.25) is 4.90 Å². The average molecular weight is 608 g/mol. The van der Waals surface area contributed by atoms with E-state index < -0.39 is 11.5 Å². The van der Waals surface area contributed by atoms with Gasteiger partial charge >= 0.3 is 0 Å². The smallest absolute Gasteiger partial charge is 0.165 e. The zero-order valence-corrected chi connectivity index (χ0v) is 23.3. The van der Waals surface area contributed by atoms with E-state index in [1.54, 1.807) is 18.4 Å². The lowest BCUT2D eigenvalue weighted by molar-refractivity contribution is -0.231. The van der Waals surface area contributed by atoms with Crippen molar-refractivity contribution in [1.82, 2.24) is 4.90 Å². The SMILES string of the molecule is COC1[C@@H]2Oc3c(O)ccc4c3[C@@]23CCN(CC2CC2)[C@H](C4)[C@@]3(CI)C[C@]1(C)[C@H](O)c1ccsc1. The fraction of sp³-hybridized carbons (Fsp3) is 0.643. The minimum absolute atomic E-state index is 0.0712. The molecule has 2 N–H and O–H groups in total. The number of hydrogen-bond acceptors (Lipinski definition) is 6. The highest BCUT2D eigenvalue weighted by Gasteiger charge is 2.77. The van der Waals surface area contributed by atoms with Gasteiger partial charge in [0, 0.05) is 45.9 Å². The van der Waals surface area contributed by atoms with Gasteiger partial charge in [-0.15, -0.1) is 0 Å². The molecule has 1 saturated heterocycles. The lowest BCUT2D eigenvalue weighted by atomic mass is 9.39. The van der Waals surface area contributed by atoms with E-state index in [0.29, 0.717) is 11.8 Å². The monoisotopic (exact) mass is 607 g/mol. The van der Waals surface area contributed by atoms with Crippen molar-refractivity contribution >= 4 is 33.9 Å². The van der Waals surface area contributed by atoms with Crippen molar-refractivity contribution in [2.45, 2.75) is 68.8 Å². The van der Waals surface area contributed by atoms with Gasteiger partial charge in [0.1, 0.15) is 12.2 Å². The largest absolute Gasteiger partial charge is 0.504 e. The molecule has 1 spiro atoms. The number of aliphatic hydroxyl groups excluding tert-OH is 1. The van der Waals surface area contributed by atoms with E-state index in [2.05, 4.69) is 45.9 Å². The van der Waals surface area contributed by atoms with Crippen LogP contribution < -0.4 is 4.74 Å². The van der Waals surface area contributed by atoms with Crippen molar-refractivity contribution in [3.8, 4) is 11.5 Å². The van der Waals surface area contributed by atoms with E-state index in [1.165, 1.54) is 30.5 Å². The average Bonchev–Trinajstić information content (AvgIpc) is 3.36. The summed E-state index contributed by atoms with van der Waals surface area (Å²) in [5.41, 5.74) is 2.74. The van der Waals surface area contributed by atoms with Crippen molar-refractivity contribution < 1.29 is 19.7 Å². The number of methoxy groups -OCH3 is 1. The van der Waals surface area contributed by atoms with Crippen LogP contribution in [0.15, 0.2) is 29.0 Å². The molecule has 0 radical (unpaired) electrons. The first-order valence-electron chi connectivity index (χ1n) is 12.9. The molecule has 3 fully saturated rings. The maximum absolute atomic E-state index is 11.9. The number of halogens is 1. The molecule has 3 aliphatic carbocycles. The standard InChI is InChI=1S/C28H34INO4S/c1-26(23(32)18-7-10-35-13-18)14-27(15-29)20-11-17-5-6-19(31)22-21(17)28(27,25(34-22)24(26)33-2)8-9-30(20)12-16-3-4-16/h5-7,10,13,16,20,23-25,31-32H,3-4,8-9,11-12,14-15H2,1-2H3/t20-,23-,24?,25+,26-,27+,28+/m1/s1. The fourth-order valence-corrected chi connectivity index (χ4v) is 10.9. The minimum Gasteiger partial charge on any atom is -0.504 e. The predicted octanol–water partition coefficient (Wildman–Crippen LogP) is 5.07. The van der Waals surface area contributed by atoms with Crippen LogP contribution in [0.25, 0.3) is 0 Å². The number of aliphatic hydroxyl groups is 1. The number of ether oxygens (including phenoxy) is 2. The van der Waals surface area contributed by atoms with Crippen LogP contribution >= 0.6 is 33.9 Å². The summed E-state index contributed by atoms with van der Waals surface area (Å²) in [5.74, 6) is 1.75. The van der Waals surface area contributed by atoms with Gasteiger partial charge in [0.05, 0.1) is 6.10 Å². The summed E-state index contributed by atoms with van der Waals surface area (Å²) in [5, 5.41) is 27.0. The van der Waals surface area contributed by atoms with Crippen molar-refractivity contribution in [2.75, 3.05) is 24.6 Å². The van der Waals surface area contributed by atoms with Crippen LogP contribution in [0.1, 0.15) is 55.4 Å². The first-order valence-corrected chi connectivity index (χ1v) is 15.4. The van der Waals surface area contributed by atoms with Gasteiger partial charge in [0.2, 0.25) is 0 Å². The Morgan fingerprint density at radius 2 is 2.14 bits per heavy atom. The normalized spacial score (nSPS) is 40.3. The Labute approximate surface area is 225 Å². The number of likely N-dealkylation sites (tertiary alicyclic amines) is 1.